The summed E-state index contributed by atoms with van der Waals surface area (Å²) >= 11 is 0. The van der Waals surface area contributed by atoms with Crippen LogP contribution >= 0.6 is 0 Å². The van der Waals surface area contributed by atoms with Crippen LogP contribution in [0.2, 0.25) is 0 Å². The summed E-state index contributed by atoms with van der Waals surface area (Å²) in [6.45, 7) is 9.12. The molecule has 0 radical (unpaired) electrons. The van der Waals surface area contributed by atoms with Crippen molar-refractivity contribution in [1.82, 2.24) is 20.6 Å². The third kappa shape index (κ3) is 18.6. The predicted molar refractivity (Wildman–Crippen MR) is 272 cm³/mol. The van der Waals surface area contributed by atoms with Crippen molar-refractivity contribution in [2.45, 2.75) is 65.1 Å². The van der Waals surface area contributed by atoms with Gasteiger partial charge in [-0.25, -0.2) is 14.4 Å². The fraction of sp³-hybridized carbons (Fsp3) is 0.235. The van der Waals surface area contributed by atoms with Crippen LogP contribution in [0.5, 0.6) is 23.0 Å². The van der Waals surface area contributed by atoms with Gasteiger partial charge in [0, 0.05) is 67.1 Å². The van der Waals surface area contributed by atoms with Crippen LogP contribution in [-0.2, 0) is 21.8 Å². The Morgan fingerprint density at radius 1 is 0.500 bits per heavy atom. The Hall–Kier alpha value is -9.29. The first kappa shape index (κ1) is 59.3. The highest BCUT2D eigenvalue weighted by Crippen LogP contribution is 2.39. The van der Waals surface area contributed by atoms with E-state index in [2.05, 4.69) is 31.2 Å². The van der Waals surface area contributed by atoms with Gasteiger partial charge in [0.05, 0.1) is 16.8 Å². The number of benzene rings is 4. The van der Waals surface area contributed by atoms with Crippen molar-refractivity contribution in [2.75, 3.05) is 46.8 Å². The molecule has 0 aliphatic carbocycles. The van der Waals surface area contributed by atoms with E-state index in [-0.39, 0.29) is 33.8 Å². The molecule has 6 aromatic rings. The molecule has 19 nitrogen and oxygen atoms in total. The highest BCUT2D eigenvalue weighted by atomic mass is 19.4. The number of nitrogens with zero attached hydrogens (tertiary/aromatic N) is 3. The number of carbonyl (C=O) groups excluding carboxylic acids is 5. The van der Waals surface area contributed by atoms with Crippen molar-refractivity contribution in [3.05, 3.63) is 144 Å². The van der Waals surface area contributed by atoms with Crippen LogP contribution in [0.15, 0.2) is 122 Å². The van der Waals surface area contributed by atoms with E-state index in [0.717, 1.165) is 24.3 Å². The Morgan fingerprint density at radius 2 is 0.921 bits per heavy atom. The highest BCUT2D eigenvalue weighted by molar-refractivity contribution is 6.10. The Labute approximate surface area is 432 Å². The molecule has 0 aliphatic rings. The average Bonchev–Trinajstić information content (AvgIpc) is 3.32. The number of nitrogens with one attached hydrogen (secondary N) is 4. The van der Waals surface area contributed by atoms with Crippen LogP contribution in [-0.4, -0.2) is 65.3 Å². The van der Waals surface area contributed by atoms with Gasteiger partial charge in [0.2, 0.25) is 0 Å². The number of anilines is 6. The van der Waals surface area contributed by atoms with Gasteiger partial charge >= 0.3 is 30.6 Å². The van der Waals surface area contributed by atoms with Gasteiger partial charge in [-0.05, 0) is 139 Å². The van der Waals surface area contributed by atoms with Crippen LogP contribution in [0, 0.1) is 0 Å². The SMILES string of the molecule is CC(C)(C)OC(=O)N(C(=O)OC(C)(C)C)c1ccc(N)cc1C(F)(F)F.CNC(=O)c1cc(Oc2ccc(N)cc2)ccn1.CNC(=O)c1cc(Oc2ccc(NC(=O)Nc3ccc(N)c(C(F)(F)F)c3)cc2)ccn1. The summed E-state index contributed by atoms with van der Waals surface area (Å²) in [6, 6.07) is 24.6. The van der Waals surface area contributed by atoms with Crippen molar-refractivity contribution >= 4 is 64.2 Å². The van der Waals surface area contributed by atoms with Crippen LogP contribution in [0.4, 0.5) is 74.9 Å². The predicted octanol–water partition coefficient (Wildman–Crippen LogP) is 11.3. The van der Waals surface area contributed by atoms with E-state index in [1.165, 1.54) is 73.1 Å². The number of hydrogen-bond acceptors (Lipinski definition) is 14. The Morgan fingerprint density at radius 3 is 1.36 bits per heavy atom. The zero-order valence-corrected chi connectivity index (χ0v) is 42.1. The van der Waals surface area contributed by atoms with Gasteiger partial charge in [0.25, 0.3) is 11.8 Å². The molecule has 2 heterocycles. The van der Waals surface area contributed by atoms with Crippen molar-refractivity contribution < 1.29 is 69.3 Å². The molecule has 0 fully saturated rings. The average molecular weight is 1070 g/mol. The van der Waals surface area contributed by atoms with Crippen LogP contribution in [0.25, 0.3) is 0 Å². The number of pyridine rings is 2. The second kappa shape index (κ2) is 25.1. The lowest BCUT2D eigenvalue weighted by Gasteiger charge is -2.30. The quantitative estimate of drug-likeness (QED) is 0.0524. The third-order valence-electron chi connectivity index (χ3n) is 9.18. The van der Waals surface area contributed by atoms with Crippen molar-refractivity contribution in [3.63, 3.8) is 0 Å². The van der Waals surface area contributed by atoms with Crippen LogP contribution in [0.1, 0.15) is 73.6 Å². The fourth-order valence-corrected chi connectivity index (χ4v) is 5.90. The van der Waals surface area contributed by atoms with Crippen molar-refractivity contribution in [2.24, 2.45) is 0 Å². The molecule has 0 atom stereocenters. The Balaban J connectivity index is 0.000000256. The maximum absolute atomic E-state index is 13.4. The first-order chi connectivity index (χ1) is 35.3. The highest BCUT2D eigenvalue weighted by Gasteiger charge is 2.41. The van der Waals surface area contributed by atoms with Crippen LogP contribution in [0.3, 0.4) is 0 Å². The Kier molecular flexibility index (Phi) is 19.6. The van der Waals surface area contributed by atoms with Gasteiger partial charge in [-0.3, -0.25) is 19.6 Å². The number of rotatable bonds is 9. The largest absolute Gasteiger partial charge is 0.457 e. The lowest BCUT2D eigenvalue weighted by Crippen LogP contribution is -2.44. The molecule has 25 heteroatoms. The number of aromatic nitrogens is 2. The third-order valence-corrected chi connectivity index (χ3v) is 9.18. The molecule has 404 valence electrons. The Bertz CT molecular complexity index is 2970. The molecule has 10 N–H and O–H groups in total. The van der Waals surface area contributed by atoms with Crippen molar-refractivity contribution in [3.8, 4) is 23.0 Å². The number of ether oxygens (including phenoxy) is 4. The fourth-order valence-electron chi connectivity index (χ4n) is 5.90. The lowest BCUT2D eigenvalue weighted by atomic mass is 10.1. The van der Waals surface area contributed by atoms with E-state index in [1.54, 1.807) is 73.8 Å². The summed E-state index contributed by atoms with van der Waals surface area (Å²) in [5.41, 5.74) is 12.1. The van der Waals surface area contributed by atoms with Crippen LogP contribution < -0.4 is 52.8 Å². The molecule has 0 spiro atoms. The van der Waals surface area contributed by atoms with Gasteiger partial charge in [-0.2, -0.15) is 31.2 Å². The van der Waals surface area contributed by atoms with E-state index in [0.29, 0.717) is 46.1 Å². The number of alkyl halides is 6. The second-order valence-electron chi connectivity index (χ2n) is 17.7. The monoisotopic (exact) mass is 1060 g/mol. The molecule has 0 aliphatic heterocycles. The number of imide groups is 1. The summed E-state index contributed by atoms with van der Waals surface area (Å²) in [7, 11) is 3.04. The molecule has 0 bridgehead atoms. The van der Waals surface area contributed by atoms with Gasteiger partial charge in [0.15, 0.2) is 0 Å². The summed E-state index contributed by atoms with van der Waals surface area (Å²) in [6.07, 6.45) is -9.11. The summed E-state index contributed by atoms with van der Waals surface area (Å²) in [5.74, 6) is 1.41. The maximum atomic E-state index is 13.4. The number of nitrogen functional groups attached to an aromatic ring is 3. The number of amides is 6. The number of hydrogen-bond donors (Lipinski definition) is 7. The minimum absolute atomic E-state index is 0.0615. The summed E-state index contributed by atoms with van der Waals surface area (Å²) < 4.78 is 100. The molecule has 0 unspecified atom stereocenters. The van der Waals surface area contributed by atoms with Gasteiger partial charge in [-0.15, -0.1) is 0 Å². The van der Waals surface area contributed by atoms with Gasteiger partial charge in [-0.1, -0.05) is 0 Å². The number of carbonyl (C=O) groups is 5. The normalized spacial score (nSPS) is 11.2. The lowest BCUT2D eigenvalue weighted by molar-refractivity contribution is -0.137. The van der Waals surface area contributed by atoms with Gasteiger partial charge < -0.3 is 57.4 Å². The summed E-state index contributed by atoms with van der Waals surface area (Å²) in [4.78, 5) is 68.2. The molecular formula is C51H54F6N10O9. The number of halogens is 6. The molecule has 0 saturated heterocycles. The van der Waals surface area contributed by atoms with E-state index < -0.39 is 64.3 Å². The molecule has 4 aromatic carbocycles. The minimum Gasteiger partial charge on any atom is -0.457 e. The molecule has 6 rings (SSSR count). The smallest absolute Gasteiger partial charge is 0.424 e. The molecule has 6 amide bonds. The van der Waals surface area contributed by atoms with Crippen molar-refractivity contribution in [1.29, 1.82) is 0 Å². The van der Waals surface area contributed by atoms with E-state index in [1.807, 2.05) is 0 Å². The minimum atomic E-state index is -4.85. The molecule has 2 aromatic heterocycles. The topological polar surface area (TPSA) is 277 Å². The zero-order chi connectivity index (χ0) is 56.8. The summed E-state index contributed by atoms with van der Waals surface area (Å²) in [5, 5.41) is 9.80. The standard InChI is InChI=1S/C21H18F3N5O3.C17H23F3N2O4.C13H13N3O2/c1-26-19(30)18-11-15(8-9-27-18)32-14-5-2-12(3-6-14)28-20(31)29-13-4-7-17(25)16(10-13)21(22,23)24;1-15(2,3)25-13(23)22(14(24)26-16(4,5)6)12-8-7-10(21)9-11(12)17(18,19)20;1-15-13(17)12-8-11(6-7-16-12)18-10-4-2-9(14)3-5-10/h2-11H,25H2,1H3,(H,26,30)(H2,28,29,31);7-9H,21H2,1-6H3;2-8H,14H2,1H3,(H,15,17). The number of urea groups is 1. The zero-order valence-electron chi connectivity index (χ0n) is 42.1. The second-order valence-corrected chi connectivity index (χ2v) is 17.7. The first-order valence-electron chi connectivity index (χ1n) is 22.3. The first-order valence-corrected chi connectivity index (χ1v) is 22.3. The van der Waals surface area contributed by atoms with Gasteiger partial charge in [0.1, 0.15) is 45.6 Å². The molecule has 76 heavy (non-hydrogen) atoms. The van der Waals surface area contributed by atoms with E-state index >= 15 is 0 Å². The maximum Gasteiger partial charge on any atom is 0.424 e. The molecular weight excluding hydrogens is 1010 g/mol. The number of nitrogens with two attached hydrogens (primary N) is 3. The van der Waals surface area contributed by atoms with E-state index in [4.69, 9.17) is 36.1 Å². The molecule has 0 saturated carbocycles. The van der Waals surface area contributed by atoms with E-state index in [9.17, 15) is 50.3 Å².